The first-order valence-corrected chi connectivity index (χ1v) is 8.17. The number of esters is 1. The van der Waals surface area contributed by atoms with Crippen molar-refractivity contribution in [1.82, 2.24) is 15.4 Å². The van der Waals surface area contributed by atoms with Crippen molar-refractivity contribution in [3.8, 4) is 17.2 Å². The van der Waals surface area contributed by atoms with Crippen LogP contribution in [0.4, 0.5) is 0 Å². The van der Waals surface area contributed by atoms with Gasteiger partial charge in [-0.25, -0.2) is 4.79 Å². The van der Waals surface area contributed by atoms with Crippen LogP contribution in [-0.2, 0) is 11.2 Å². The van der Waals surface area contributed by atoms with Crippen molar-refractivity contribution in [2.24, 2.45) is 0 Å². The van der Waals surface area contributed by atoms with Crippen LogP contribution in [0.2, 0.25) is 0 Å². The summed E-state index contributed by atoms with van der Waals surface area (Å²) in [6.45, 7) is 5.22. The van der Waals surface area contributed by atoms with Crippen molar-refractivity contribution >= 4 is 5.97 Å². The fourth-order valence-corrected chi connectivity index (χ4v) is 2.44. The first-order valence-electron chi connectivity index (χ1n) is 8.17. The van der Waals surface area contributed by atoms with Gasteiger partial charge in [0.25, 0.3) is 5.89 Å². The van der Waals surface area contributed by atoms with Crippen LogP contribution in [-0.4, -0.2) is 28.4 Å². The monoisotopic (exact) mass is 357 g/mol. The molecule has 0 aliphatic heterocycles. The zero-order valence-corrected chi connectivity index (χ0v) is 15.0. The maximum atomic E-state index is 12.4. The van der Waals surface area contributed by atoms with Gasteiger partial charge in [-0.3, -0.25) is 0 Å². The Morgan fingerprint density at radius 2 is 1.96 bits per heavy atom. The van der Waals surface area contributed by atoms with Crippen LogP contribution in [0.1, 0.15) is 47.7 Å². The van der Waals surface area contributed by atoms with Crippen molar-refractivity contribution in [3.05, 3.63) is 47.2 Å². The molecule has 1 aromatic carbocycles. The van der Waals surface area contributed by atoms with Crippen molar-refractivity contribution in [2.75, 3.05) is 7.11 Å². The molecule has 0 radical (unpaired) electrons. The summed E-state index contributed by atoms with van der Waals surface area (Å²) in [4.78, 5) is 12.4. The van der Waals surface area contributed by atoms with Crippen LogP contribution in [0, 0.1) is 6.92 Å². The van der Waals surface area contributed by atoms with Gasteiger partial charge >= 0.3 is 5.97 Å². The van der Waals surface area contributed by atoms with Crippen LogP contribution in [0.25, 0.3) is 11.5 Å². The molecule has 0 aliphatic rings. The molecule has 3 rings (SSSR count). The molecule has 2 heterocycles. The van der Waals surface area contributed by atoms with Gasteiger partial charge in [0.15, 0.2) is 6.10 Å². The fourth-order valence-electron chi connectivity index (χ4n) is 2.44. The number of benzene rings is 1. The molecule has 0 bridgehead atoms. The Kier molecular flexibility index (Phi) is 5.01. The maximum Gasteiger partial charge on any atom is 0.344 e. The van der Waals surface area contributed by atoms with E-state index in [0.29, 0.717) is 29.3 Å². The van der Waals surface area contributed by atoms with E-state index in [-0.39, 0.29) is 5.89 Å². The molecule has 0 aliphatic carbocycles. The third-order valence-electron chi connectivity index (χ3n) is 3.88. The number of hydrogen-bond acceptors (Lipinski definition) is 8. The van der Waals surface area contributed by atoms with E-state index in [4.69, 9.17) is 18.4 Å². The number of rotatable bonds is 6. The highest BCUT2D eigenvalue weighted by atomic mass is 16.6. The highest BCUT2D eigenvalue weighted by Crippen LogP contribution is 2.25. The predicted octanol–water partition coefficient (Wildman–Crippen LogP) is 3.52. The van der Waals surface area contributed by atoms with Crippen molar-refractivity contribution in [2.45, 2.75) is 33.3 Å². The molecule has 26 heavy (non-hydrogen) atoms. The molecule has 0 fully saturated rings. The summed E-state index contributed by atoms with van der Waals surface area (Å²) in [5.74, 6) is 1.16. The van der Waals surface area contributed by atoms with Crippen LogP contribution in [0.3, 0.4) is 0 Å². The summed E-state index contributed by atoms with van der Waals surface area (Å²) in [5.41, 5.74) is 1.64. The number of ether oxygens (including phenoxy) is 2. The molecule has 0 spiro atoms. The lowest BCUT2D eigenvalue weighted by molar-refractivity contribution is 0.0277. The van der Waals surface area contributed by atoms with E-state index in [2.05, 4.69) is 15.4 Å². The second-order valence-corrected chi connectivity index (χ2v) is 5.64. The topological polar surface area (TPSA) is 100 Å². The second-order valence-electron chi connectivity index (χ2n) is 5.64. The minimum absolute atomic E-state index is 0.205. The molecule has 8 nitrogen and oxygen atoms in total. The summed E-state index contributed by atoms with van der Waals surface area (Å²) in [5, 5.41) is 11.8. The standard InChI is InChI=1S/C18H19N3O5/c1-5-14-15(10(2)26-21-14)18(22)24-11(3)16-19-20-17(25-16)12-6-8-13(23-4)9-7-12/h6-9,11H,5H2,1-4H3. The summed E-state index contributed by atoms with van der Waals surface area (Å²) in [6.07, 6.45) is -0.140. The SMILES string of the molecule is CCc1noc(C)c1C(=O)OC(C)c1nnc(-c2ccc(OC)cc2)o1. The Hall–Kier alpha value is -3.16. The van der Waals surface area contributed by atoms with Crippen LogP contribution in [0.5, 0.6) is 5.75 Å². The quantitative estimate of drug-likeness (QED) is 0.618. The smallest absolute Gasteiger partial charge is 0.344 e. The lowest BCUT2D eigenvalue weighted by Gasteiger charge is -2.09. The third kappa shape index (κ3) is 3.44. The molecule has 8 heteroatoms. The molecule has 136 valence electrons. The number of aryl methyl sites for hydroxylation is 2. The van der Waals surface area contributed by atoms with E-state index >= 15 is 0 Å². The van der Waals surface area contributed by atoms with E-state index in [1.54, 1.807) is 45.2 Å². The zero-order valence-electron chi connectivity index (χ0n) is 15.0. The van der Waals surface area contributed by atoms with E-state index in [9.17, 15) is 4.79 Å². The van der Waals surface area contributed by atoms with Crippen LogP contribution >= 0.6 is 0 Å². The molecule has 0 amide bonds. The molecule has 1 unspecified atom stereocenters. The average molecular weight is 357 g/mol. The molecular formula is C18H19N3O5. The Balaban J connectivity index is 1.74. The normalized spacial score (nSPS) is 12.0. The van der Waals surface area contributed by atoms with Gasteiger partial charge in [0.05, 0.1) is 12.8 Å². The molecule has 2 aromatic heterocycles. The highest BCUT2D eigenvalue weighted by molar-refractivity contribution is 5.91. The average Bonchev–Trinajstić information content (AvgIpc) is 3.28. The van der Waals surface area contributed by atoms with E-state index in [1.165, 1.54) is 0 Å². The van der Waals surface area contributed by atoms with Gasteiger partial charge in [0.2, 0.25) is 5.89 Å². The minimum Gasteiger partial charge on any atom is -0.497 e. The lowest BCUT2D eigenvalue weighted by Crippen LogP contribution is -2.11. The van der Waals surface area contributed by atoms with Crippen molar-refractivity contribution in [3.63, 3.8) is 0 Å². The highest BCUT2D eigenvalue weighted by Gasteiger charge is 2.25. The molecular weight excluding hydrogens is 338 g/mol. The molecule has 0 N–H and O–H groups in total. The molecule has 1 atom stereocenters. The zero-order chi connectivity index (χ0) is 18.7. The lowest BCUT2D eigenvalue weighted by atomic mass is 10.1. The molecule has 3 aromatic rings. The van der Waals surface area contributed by atoms with Gasteiger partial charge in [-0.1, -0.05) is 12.1 Å². The van der Waals surface area contributed by atoms with E-state index in [1.807, 2.05) is 6.92 Å². The van der Waals surface area contributed by atoms with Crippen LogP contribution < -0.4 is 4.74 Å². The number of methoxy groups -OCH3 is 1. The third-order valence-corrected chi connectivity index (χ3v) is 3.88. The van der Waals surface area contributed by atoms with Gasteiger partial charge in [-0.2, -0.15) is 0 Å². The maximum absolute atomic E-state index is 12.4. The van der Waals surface area contributed by atoms with Crippen LogP contribution in [0.15, 0.2) is 33.2 Å². The van der Waals surface area contributed by atoms with Gasteiger partial charge in [0.1, 0.15) is 17.1 Å². The van der Waals surface area contributed by atoms with Gasteiger partial charge in [-0.05, 0) is 44.5 Å². The minimum atomic E-state index is -0.707. The second kappa shape index (κ2) is 7.38. The Labute approximate surface area is 150 Å². The van der Waals surface area contributed by atoms with Gasteiger partial charge < -0.3 is 18.4 Å². The number of nitrogens with zero attached hydrogens (tertiary/aromatic N) is 3. The summed E-state index contributed by atoms with van der Waals surface area (Å²) >= 11 is 0. The summed E-state index contributed by atoms with van der Waals surface area (Å²) in [6, 6.07) is 7.20. The van der Waals surface area contributed by atoms with E-state index in [0.717, 1.165) is 11.3 Å². The number of aromatic nitrogens is 3. The number of hydrogen-bond donors (Lipinski definition) is 0. The largest absolute Gasteiger partial charge is 0.497 e. The van der Waals surface area contributed by atoms with Gasteiger partial charge in [-0.15, -0.1) is 10.2 Å². The molecule has 0 saturated carbocycles. The fraction of sp³-hybridized carbons (Fsp3) is 0.333. The summed E-state index contributed by atoms with van der Waals surface area (Å²) < 4.78 is 21.2. The Bertz CT molecular complexity index is 898. The first kappa shape index (κ1) is 17.7. The molecule has 0 saturated heterocycles. The first-order chi connectivity index (χ1) is 12.5. The van der Waals surface area contributed by atoms with Crippen molar-refractivity contribution < 1.29 is 23.2 Å². The number of carbonyl (C=O) groups excluding carboxylic acids is 1. The summed E-state index contributed by atoms with van der Waals surface area (Å²) in [7, 11) is 1.59. The van der Waals surface area contributed by atoms with Gasteiger partial charge in [0, 0.05) is 5.56 Å². The Morgan fingerprint density at radius 3 is 2.62 bits per heavy atom. The van der Waals surface area contributed by atoms with E-state index < -0.39 is 12.1 Å². The number of carbonyl (C=O) groups is 1. The van der Waals surface area contributed by atoms with Crippen molar-refractivity contribution in [1.29, 1.82) is 0 Å². The predicted molar refractivity (Wildman–Crippen MR) is 90.7 cm³/mol. The Morgan fingerprint density at radius 1 is 1.23 bits per heavy atom.